The Bertz CT molecular complexity index is 497. The minimum Gasteiger partial charge on any atom is -0.389 e. The number of anilines is 2. The Balaban J connectivity index is 3.14. The van der Waals surface area contributed by atoms with Gasteiger partial charge in [0.1, 0.15) is 5.69 Å². The summed E-state index contributed by atoms with van der Waals surface area (Å²) in [5.74, 6) is 0.488. The molecular weight excluding hydrogens is 278 g/mol. The topological polar surface area (TPSA) is 114 Å². The number of nitro groups is 1. The van der Waals surface area contributed by atoms with Gasteiger partial charge in [-0.3, -0.25) is 10.1 Å². The average molecular weight is 299 g/mol. The van der Waals surface area contributed by atoms with E-state index >= 15 is 0 Å². The Morgan fingerprint density at radius 2 is 2.19 bits per heavy atom. The number of aliphatic hydroxyl groups excluding tert-OH is 1. The lowest BCUT2D eigenvalue weighted by atomic mass is 10.3. The molecule has 0 bridgehead atoms. The van der Waals surface area contributed by atoms with Crippen LogP contribution in [0.3, 0.4) is 0 Å². The number of rotatable bonds is 8. The van der Waals surface area contributed by atoms with E-state index < -0.39 is 11.0 Å². The van der Waals surface area contributed by atoms with E-state index in [2.05, 4.69) is 15.3 Å². The number of aliphatic hydroxyl groups is 1. The molecule has 9 nitrogen and oxygen atoms in total. The third kappa shape index (κ3) is 4.50. The standard InChI is InChI=1S/C12H21N5O4/c1-5-13-12-14-8(2)10(17(19)20)11(15-12)16(3)6-9(18)7-21-4/h9,18H,5-7H2,1-4H3,(H,13,14,15). The van der Waals surface area contributed by atoms with Crippen LogP contribution in [0.1, 0.15) is 12.6 Å². The summed E-state index contributed by atoms with van der Waals surface area (Å²) in [6.45, 7) is 4.35. The molecule has 0 aromatic carbocycles. The van der Waals surface area contributed by atoms with Gasteiger partial charge in [0.25, 0.3) is 0 Å². The first kappa shape index (κ1) is 17.1. The highest BCUT2D eigenvalue weighted by Gasteiger charge is 2.25. The number of aromatic nitrogens is 2. The second-order valence-corrected chi connectivity index (χ2v) is 4.58. The van der Waals surface area contributed by atoms with Gasteiger partial charge >= 0.3 is 5.69 Å². The number of ether oxygens (including phenoxy) is 1. The SMILES string of the molecule is CCNc1nc(C)c([N+](=O)[O-])c(N(C)CC(O)COC)n1. The van der Waals surface area contributed by atoms with Crippen molar-refractivity contribution in [1.82, 2.24) is 9.97 Å². The van der Waals surface area contributed by atoms with Crippen molar-refractivity contribution in [3.05, 3.63) is 15.8 Å². The van der Waals surface area contributed by atoms with Crippen molar-refractivity contribution in [3.63, 3.8) is 0 Å². The van der Waals surface area contributed by atoms with Crippen LogP contribution in [0.15, 0.2) is 0 Å². The third-order valence-electron chi connectivity index (χ3n) is 2.76. The first-order chi connectivity index (χ1) is 9.90. The van der Waals surface area contributed by atoms with Crippen molar-refractivity contribution in [1.29, 1.82) is 0 Å². The summed E-state index contributed by atoms with van der Waals surface area (Å²) in [5.41, 5.74) is 0.109. The zero-order chi connectivity index (χ0) is 16.0. The monoisotopic (exact) mass is 299 g/mol. The summed E-state index contributed by atoms with van der Waals surface area (Å²) in [6.07, 6.45) is -0.766. The molecule has 1 atom stereocenters. The van der Waals surface area contributed by atoms with Gasteiger partial charge in [0.2, 0.25) is 11.8 Å². The van der Waals surface area contributed by atoms with E-state index in [4.69, 9.17) is 4.74 Å². The molecule has 21 heavy (non-hydrogen) atoms. The molecule has 1 rings (SSSR count). The number of aryl methyl sites for hydroxylation is 1. The first-order valence-electron chi connectivity index (χ1n) is 6.55. The van der Waals surface area contributed by atoms with Gasteiger partial charge in [-0.2, -0.15) is 4.98 Å². The maximum Gasteiger partial charge on any atom is 0.332 e. The van der Waals surface area contributed by atoms with E-state index in [0.29, 0.717) is 12.5 Å². The van der Waals surface area contributed by atoms with E-state index in [1.807, 2.05) is 6.92 Å². The van der Waals surface area contributed by atoms with Gasteiger partial charge in [-0.1, -0.05) is 0 Å². The quantitative estimate of drug-likeness (QED) is 0.529. The molecule has 2 N–H and O–H groups in total. The van der Waals surface area contributed by atoms with Gasteiger partial charge in [-0.25, -0.2) is 4.98 Å². The normalized spacial score (nSPS) is 12.0. The number of nitrogens with zero attached hydrogens (tertiary/aromatic N) is 4. The van der Waals surface area contributed by atoms with Crippen LogP contribution in [0, 0.1) is 17.0 Å². The van der Waals surface area contributed by atoms with E-state index in [9.17, 15) is 15.2 Å². The van der Waals surface area contributed by atoms with Crippen molar-refractivity contribution in [2.24, 2.45) is 0 Å². The van der Waals surface area contributed by atoms with Gasteiger partial charge in [-0.15, -0.1) is 0 Å². The maximum atomic E-state index is 11.2. The molecule has 118 valence electrons. The summed E-state index contributed by atoms with van der Waals surface area (Å²) in [7, 11) is 3.10. The molecule has 0 spiro atoms. The Morgan fingerprint density at radius 3 is 2.71 bits per heavy atom. The second kappa shape index (κ2) is 7.70. The van der Waals surface area contributed by atoms with E-state index in [1.54, 1.807) is 14.0 Å². The van der Waals surface area contributed by atoms with Crippen LogP contribution in [0.4, 0.5) is 17.5 Å². The van der Waals surface area contributed by atoms with Crippen LogP contribution in [-0.2, 0) is 4.74 Å². The number of likely N-dealkylation sites (N-methyl/N-ethyl adjacent to an activating group) is 1. The van der Waals surface area contributed by atoms with Crippen LogP contribution in [-0.4, -0.2) is 60.0 Å². The Hall–Kier alpha value is -2.00. The van der Waals surface area contributed by atoms with Crippen molar-refractivity contribution in [3.8, 4) is 0 Å². The number of methoxy groups -OCH3 is 1. The van der Waals surface area contributed by atoms with Gasteiger partial charge in [0.15, 0.2) is 0 Å². The zero-order valence-corrected chi connectivity index (χ0v) is 12.7. The van der Waals surface area contributed by atoms with Crippen molar-refractivity contribution >= 4 is 17.5 Å². The maximum absolute atomic E-state index is 11.2. The fourth-order valence-corrected chi connectivity index (χ4v) is 1.92. The smallest absolute Gasteiger partial charge is 0.332 e. The number of hydrogen-bond donors (Lipinski definition) is 2. The summed E-state index contributed by atoms with van der Waals surface area (Å²) in [4.78, 5) is 20.5. The molecule has 1 heterocycles. The Kier molecular flexibility index (Phi) is 6.25. The zero-order valence-electron chi connectivity index (χ0n) is 12.7. The van der Waals surface area contributed by atoms with Gasteiger partial charge in [0.05, 0.1) is 17.6 Å². The third-order valence-corrected chi connectivity index (χ3v) is 2.76. The minimum atomic E-state index is -0.766. The molecule has 0 aliphatic carbocycles. The summed E-state index contributed by atoms with van der Waals surface area (Å²) >= 11 is 0. The number of hydrogen-bond acceptors (Lipinski definition) is 8. The molecule has 0 aliphatic rings. The van der Waals surface area contributed by atoms with Crippen LogP contribution in [0.5, 0.6) is 0 Å². The molecule has 0 saturated carbocycles. The molecule has 0 radical (unpaired) electrons. The fourth-order valence-electron chi connectivity index (χ4n) is 1.92. The lowest BCUT2D eigenvalue weighted by molar-refractivity contribution is -0.385. The molecular formula is C12H21N5O4. The fraction of sp³-hybridized carbons (Fsp3) is 0.667. The van der Waals surface area contributed by atoms with E-state index in [1.165, 1.54) is 12.0 Å². The molecule has 0 fully saturated rings. The van der Waals surface area contributed by atoms with Crippen molar-refractivity contribution in [2.75, 3.05) is 44.1 Å². The molecule has 1 unspecified atom stereocenters. The molecule has 1 aromatic heterocycles. The van der Waals surface area contributed by atoms with Crippen LogP contribution < -0.4 is 10.2 Å². The highest BCUT2D eigenvalue weighted by molar-refractivity contribution is 5.62. The lowest BCUT2D eigenvalue weighted by Crippen LogP contribution is -2.33. The molecule has 0 aliphatic heterocycles. The van der Waals surface area contributed by atoms with Crippen molar-refractivity contribution < 1.29 is 14.8 Å². The summed E-state index contributed by atoms with van der Waals surface area (Å²) < 4.78 is 4.85. The van der Waals surface area contributed by atoms with Crippen LogP contribution in [0.25, 0.3) is 0 Å². The summed E-state index contributed by atoms with van der Waals surface area (Å²) in [6, 6.07) is 0. The van der Waals surface area contributed by atoms with Gasteiger partial charge < -0.3 is 20.1 Å². The predicted octanol–water partition coefficient (Wildman–Crippen LogP) is 0.569. The molecule has 1 aromatic rings. The highest BCUT2D eigenvalue weighted by Crippen LogP contribution is 2.29. The second-order valence-electron chi connectivity index (χ2n) is 4.58. The number of nitrogens with one attached hydrogen (secondary N) is 1. The minimum absolute atomic E-state index is 0.141. The van der Waals surface area contributed by atoms with Crippen LogP contribution >= 0.6 is 0 Å². The first-order valence-corrected chi connectivity index (χ1v) is 6.55. The Morgan fingerprint density at radius 1 is 1.52 bits per heavy atom. The molecule has 9 heteroatoms. The summed E-state index contributed by atoms with van der Waals surface area (Å²) in [5, 5.41) is 23.9. The van der Waals surface area contributed by atoms with Crippen molar-refractivity contribution in [2.45, 2.75) is 20.0 Å². The lowest BCUT2D eigenvalue weighted by Gasteiger charge is -2.22. The largest absolute Gasteiger partial charge is 0.389 e. The molecule has 0 amide bonds. The van der Waals surface area contributed by atoms with Crippen LogP contribution in [0.2, 0.25) is 0 Å². The molecule has 0 saturated heterocycles. The highest BCUT2D eigenvalue weighted by atomic mass is 16.6. The van der Waals surface area contributed by atoms with E-state index in [0.717, 1.165) is 0 Å². The predicted molar refractivity (Wildman–Crippen MR) is 78.7 cm³/mol. The van der Waals surface area contributed by atoms with Gasteiger partial charge in [0, 0.05) is 27.2 Å². The van der Waals surface area contributed by atoms with E-state index in [-0.39, 0.29) is 30.4 Å². The van der Waals surface area contributed by atoms with Gasteiger partial charge in [-0.05, 0) is 13.8 Å². The average Bonchev–Trinajstić information content (AvgIpc) is 2.37. The Labute approximate surface area is 123 Å².